The van der Waals surface area contributed by atoms with Crippen molar-refractivity contribution in [2.24, 2.45) is 5.92 Å². The molecule has 1 amide bonds. The zero-order valence-electron chi connectivity index (χ0n) is 14.7. The van der Waals surface area contributed by atoms with Gasteiger partial charge in [-0.05, 0) is 65.4 Å². The van der Waals surface area contributed by atoms with Crippen molar-refractivity contribution in [2.75, 3.05) is 0 Å². The van der Waals surface area contributed by atoms with Gasteiger partial charge < -0.3 is 0 Å². The molecule has 1 N–H and O–H groups in total. The Balaban J connectivity index is 1.78. The number of nitrogens with one attached hydrogen (secondary N) is 1. The fourth-order valence-corrected chi connectivity index (χ4v) is 5.04. The van der Waals surface area contributed by atoms with Crippen LogP contribution in [0.2, 0.25) is 0 Å². The Morgan fingerprint density at radius 2 is 1.67 bits per heavy atom. The molecule has 0 heterocycles. The van der Waals surface area contributed by atoms with Crippen molar-refractivity contribution >= 4 is 17.9 Å². The Hall–Kier alpha value is -1.74. The molecular weight excluding hydrogens is 314 g/mol. The molecular formula is C21H25NOS. The van der Waals surface area contributed by atoms with Crippen LogP contribution in [0.5, 0.6) is 0 Å². The van der Waals surface area contributed by atoms with Gasteiger partial charge in [-0.2, -0.15) is 0 Å². The fourth-order valence-electron chi connectivity index (χ4n) is 3.88. The number of hydrogen-bond donors (Lipinski definition) is 1. The molecule has 2 nitrogen and oxygen atoms in total. The van der Waals surface area contributed by atoms with E-state index in [0.29, 0.717) is 28.6 Å². The molecule has 24 heavy (non-hydrogen) atoms. The first-order valence-corrected chi connectivity index (χ1v) is 9.49. The first-order valence-electron chi connectivity index (χ1n) is 8.61. The van der Waals surface area contributed by atoms with Crippen LogP contribution in [0.1, 0.15) is 59.7 Å². The summed E-state index contributed by atoms with van der Waals surface area (Å²) in [6, 6.07) is 16.0. The third-order valence-electron chi connectivity index (χ3n) is 5.43. The van der Waals surface area contributed by atoms with Gasteiger partial charge in [0.05, 0.1) is 0 Å². The van der Waals surface area contributed by atoms with Crippen LogP contribution in [0.15, 0.2) is 48.5 Å². The average molecular weight is 340 g/mol. The highest BCUT2D eigenvalue weighted by molar-refractivity contribution is 7.98. The largest absolute Gasteiger partial charge is 0.296 e. The predicted octanol–water partition coefficient (Wildman–Crippen LogP) is 5.30. The number of carbonyl (C=O) groups is 1. The van der Waals surface area contributed by atoms with E-state index in [0.717, 1.165) is 0 Å². The minimum atomic E-state index is -0.0114. The molecule has 3 rings (SSSR count). The summed E-state index contributed by atoms with van der Waals surface area (Å²) >= 11 is 1.59. The lowest BCUT2D eigenvalue weighted by molar-refractivity contribution is 0.0984. The second-order valence-electron chi connectivity index (χ2n) is 6.89. The van der Waals surface area contributed by atoms with Crippen molar-refractivity contribution in [2.45, 2.75) is 44.8 Å². The SMILES string of the molecule is Cc1cccc2c1C(C)C(C)C(SNC(=O)c1ccccc1)C2C. The van der Waals surface area contributed by atoms with Crippen LogP contribution in [0.3, 0.4) is 0 Å². The molecule has 0 radical (unpaired) electrons. The zero-order chi connectivity index (χ0) is 17.3. The van der Waals surface area contributed by atoms with Crippen LogP contribution >= 0.6 is 11.9 Å². The van der Waals surface area contributed by atoms with Gasteiger partial charge in [0.25, 0.3) is 5.91 Å². The highest BCUT2D eigenvalue weighted by Gasteiger charge is 2.37. The molecule has 2 aromatic rings. The highest BCUT2D eigenvalue weighted by Crippen LogP contribution is 2.47. The van der Waals surface area contributed by atoms with Crippen LogP contribution in [-0.2, 0) is 0 Å². The quantitative estimate of drug-likeness (QED) is 0.769. The molecule has 0 bridgehead atoms. The third-order valence-corrected chi connectivity index (χ3v) is 6.84. The molecule has 126 valence electrons. The Morgan fingerprint density at radius 1 is 0.958 bits per heavy atom. The van der Waals surface area contributed by atoms with E-state index in [1.165, 1.54) is 16.7 Å². The lowest BCUT2D eigenvalue weighted by Crippen LogP contribution is -2.35. The number of fused-ring (bicyclic) bond motifs is 1. The summed E-state index contributed by atoms with van der Waals surface area (Å²) in [5, 5.41) is 0.377. The zero-order valence-corrected chi connectivity index (χ0v) is 15.6. The summed E-state index contributed by atoms with van der Waals surface area (Å²) in [6.07, 6.45) is 0. The van der Waals surface area contributed by atoms with Gasteiger partial charge >= 0.3 is 0 Å². The maximum Gasteiger partial charge on any atom is 0.261 e. The predicted molar refractivity (Wildman–Crippen MR) is 102 cm³/mol. The lowest BCUT2D eigenvalue weighted by Gasteiger charge is -2.40. The van der Waals surface area contributed by atoms with E-state index in [2.05, 4.69) is 50.6 Å². The van der Waals surface area contributed by atoms with Crippen molar-refractivity contribution in [1.29, 1.82) is 0 Å². The van der Waals surface area contributed by atoms with Gasteiger partial charge in [0.1, 0.15) is 0 Å². The van der Waals surface area contributed by atoms with E-state index >= 15 is 0 Å². The molecule has 0 fully saturated rings. The van der Waals surface area contributed by atoms with E-state index in [-0.39, 0.29) is 5.91 Å². The van der Waals surface area contributed by atoms with Crippen LogP contribution < -0.4 is 4.72 Å². The summed E-state index contributed by atoms with van der Waals surface area (Å²) in [5.74, 6) is 1.42. The Bertz CT molecular complexity index is 728. The average Bonchev–Trinajstić information content (AvgIpc) is 2.60. The van der Waals surface area contributed by atoms with Gasteiger partial charge in [-0.25, -0.2) is 0 Å². The Morgan fingerprint density at radius 3 is 2.38 bits per heavy atom. The molecule has 3 heteroatoms. The van der Waals surface area contributed by atoms with Gasteiger partial charge in [-0.3, -0.25) is 9.52 Å². The molecule has 0 saturated carbocycles. The van der Waals surface area contributed by atoms with E-state index in [1.54, 1.807) is 11.9 Å². The van der Waals surface area contributed by atoms with Gasteiger partial charge in [0, 0.05) is 10.8 Å². The third kappa shape index (κ3) is 3.10. The topological polar surface area (TPSA) is 29.1 Å². The fraction of sp³-hybridized carbons (Fsp3) is 0.381. The maximum atomic E-state index is 12.3. The van der Waals surface area contributed by atoms with Gasteiger partial charge in [-0.1, -0.05) is 57.2 Å². The van der Waals surface area contributed by atoms with Crippen LogP contribution in [0.4, 0.5) is 0 Å². The van der Waals surface area contributed by atoms with E-state index < -0.39 is 0 Å². The Labute approximate surface area is 149 Å². The number of rotatable bonds is 3. The molecule has 4 atom stereocenters. The van der Waals surface area contributed by atoms with E-state index in [1.807, 2.05) is 30.3 Å². The molecule has 0 aromatic heterocycles. The van der Waals surface area contributed by atoms with Gasteiger partial charge in [0.2, 0.25) is 0 Å². The summed E-state index contributed by atoms with van der Waals surface area (Å²) in [4.78, 5) is 12.3. The van der Waals surface area contributed by atoms with Crippen molar-refractivity contribution in [3.05, 3.63) is 70.8 Å². The number of amides is 1. The van der Waals surface area contributed by atoms with Crippen LogP contribution in [-0.4, -0.2) is 11.2 Å². The normalized spacial score (nSPS) is 25.8. The smallest absolute Gasteiger partial charge is 0.261 e. The number of aryl methyl sites for hydroxylation is 1. The van der Waals surface area contributed by atoms with Crippen molar-refractivity contribution in [3.8, 4) is 0 Å². The molecule has 1 aliphatic carbocycles. The highest BCUT2D eigenvalue weighted by atomic mass is 32.2. The molecule has 2 aromatic carbocycles. The number of carbonyl (C=O) groups excluding carboxylic acids is 1. The summed E-state index contributed by atoms with van der Waals surface area (Å²) in [6.45, 7) is 9.12. The van der Waals surface area contributed by atoms with Crippen molar-refractivity contribution in [3.63, 3.8) is 0 Å². The van der Waals surface area contributed by atoms with Crippen LogP contribution in [0, 0.1) is 12.8 Å². The van der Waals surface area contributed by atoms with E-state index in [9.17, 15) is 4.79 Å². The van der Waals surface area contributed by atoms with Crippen molar-refractivity contribution < 1.29 is 4.79 Å². The van der Waals surface area contributed by atoms with Crippen molar-refractivity contribution in [1.82, 2.24) is 4.72 Å². The standard InChI is InChI=1S/C21H25NOS/c1-13-9-8-12-18-16(4)20(15(3)14(2)19(13)18)24-22-21(23)17-10-6-5-7-11-17/h5-12,14-16,20H,1-4H3,(H,22,23). The lowest BCUT2D eigenvalue weighted by atomic mass is 9.70. The minimum absolute atomic E-state index is 0.0114. The van der Waals surface area contributed by atoms with Gasteiger partial charge in [-0.15, -0.1) is 0 Å². The molecule has 0 aliphatic heterocycles. The second kappa shape index (κ2) is 7.02. The molecule has 4 unspecified atom stereocenters. The van der Waals surface area contributed by atoms with E-state index in [4.69, 9.17) is 0 Å². The van der Waals surface area contributed by atoms with Gasteiger partial charge in [0.15, 0.2) is 0 Å². The monoisotopic (exact) mass is 339 g/mol. The molecule has 1 aliphatic rings. The maximum absolute atomic E-state index is 12.3. The van der Waals surface area contributed by atoms with Crippen LogP contribution in [0.25, 0.3) is 0 Å². The number of benzene rings is 2. The first kappa shape index (κ1) is 17.1. The molecule has 0 saturated heterocycles. The Kier molecular flexibility index (Phi) is 5.00. The second-order valence-corrected chi connectivity index (χ2v) is 7.88. The summed E-state index contributed by atoms with van der Waals surface area (Å²) in [5.41, 5.74) is 5.04. The summed E-state index contributed by atoms with van der Waals surface area (Å²) < 4.78 is 3.07. The molecule has 0 spiro atoms. The minimum Gasteiger partial charge on any atom is -0.296 e. The number of hydrogen-bond acceptors (Lipinski definition) is 2. The first-order chi connectivity index (χ1) is 11.5. The summed E-state index contributed by atoms with van der Waals surface area (Å²) in [7, 11) is 0.